The average Bonchev–Trinajstić information content (AvgIpc) is 2.40. The van der Waals surface area contributed by atoms with E-state index in [0.717, 1.165) is 12.2 Å². The molecule has 0 saturated carbocycles. The van der Waals surface area contributed by atoms with E-state index < -0.39 is 0 Å². The van der Waals surface area contributed by atoms with E-state index in [2.05, 4.69) is 16.8 Å². The first-order valence-corrected chi connectivity index (χ1v) is 6.51. The van der Waals surface area contributed by atoms with Gasteiger partial charge in [0.1, 0.15) is 4.99 Å². The molecule has 0 bridgehead atoms. The first-order valence-electron chi connectivity index (χ1n) is 6.10. The fourth-order valence-electron chi connectivity index (χ4n) is 1.83. The Bertz CT molecular complexity index is 397. The second-order valence-electron chi connectivity index (χ2n) is 4.26. The maximum atomic E-state index is 5.54. The summed E-state index contributed by atoms with van der Waals surface area (Å²) in [6.45, 7) is 4.15. The van der Waals surface area contributed by atoms with Crippen LogP contribution in [-0.2, 0) is 9.47 Å². The molecule has 1 aromatic rings. The number of methoxy groups -OCH3 is 2. The van der Waals surface area contributed by atoms with Gasteiger partial charge < -0.3 is 20.1 Å². The van der Waals surface area contributed by atoms with Gasteiger partial charge in [-0.3, -0.25) is 4.98 Å². The summed E-state index contributed by atoms with van der Waals surface area (Å²) in [7, 11) is 3.38. The minimum absolute atomic E-state index is 0.234. The highest BCUT2D eigenvalue weighted by Crippen LogP contribution is 2.16. The Hall–Kier alpha value is -1.24. The number of aromatic nitrogens is 1. The summed E-state index contributed by atoms with van der Waals surface area (Å²) in [5.41, 5.74) is 7.17. The van der Waals surface area contributed by atoms with Gasteiger partial charge in [-0.15, -0.1) is 0 Å². The van der Waals surface area contributed by atoms with E-state index in [1.54, 1.807) is 20.4 Å². The number of anilines is 1. The summed E-state index contributed by atoms with van der Waals surface area (Å²) in [6.07, 6.45) is 1.77. The van der Waals surface area contributed by atoms with Gasteiger partial charge >= 0.3 is 0 Å². The molecule has 1 heterocycles. The number of nitrogens with two attached hydrogens (primary N) is 1. The second-order valence-corrected chi connectivity index (χ2v) is 4.70. The Balaban J connectivity index is 2.86. The molecule has 5 nitrogen and oxygen atoms in total. The zero-order valence-electron chi connectivity index (χ0n) is 11.6. The smallest absolute Gasteiger partial charge is 0.122 e. The minimum atomic E-state index is 0.234. The number of hydrogen-bond acceptors (Lipinski definition) is 5. The fraction of sp³-hybridized carbons (Fsp3) is 0.538. The molecule has 0 aliphatic carbocycles. The van der Waals surface area contributed by atoms with E-state index in [-0.39, 0.29) is 6.04 Å². The molecular formula is C13H21N3O2S. The van der Waals surface area contributed by atoms with Gasteiger partial charge in [-0.05, 0) is 19.1 Å². The van der Waals surface area contributed by atoms with Crippen molar-refractivity contribution in [1.29, 1.82) is 0 Å². The third-order valence-electron chi connectivity index (χ3n) is 2.81. The summed E-state index contributed by atoms with van der Waals surface area (Å²) < 4.78 is 10.3. The largest absolute Gasteiger partial charge is 0.388 e. The van der Waals surface area contributed by atoms with Crippen molar-refractivity contribution >= 4 is 22.9 Å². The van der Waals surface area contributed by atoms with Gasteiger partial charge in [-0.2, -0.15) is 0 Å². The van der Waals surface area contributed by atoms with Crippen molar-refractivity contribution in [2.24, 2.45) is 5.73 Å². The SMILES string of the molecule is COCCN(c1ccc(C(N)=S)nc1)C(C)COC. The summed E-state index contributed by atoms with van der Waals surface area (Å²) >= 11 is 4.90. The van der Waals surface area contributed by atoms with Crippen molar-refractivity contribution < 1.29 is 9.47 Å². The van der Waals surface area contributed by atoms with E-state index in [9.17, 15) is 0 Å². The summed E-state index contributed by atoms with van der Waals surface area (Å²) in [5, 5.41) is 0. The number of hydrogen-bond donors (Lipinski definition) is 1. The van der Waals surface area contributed by atoms with Crippen LogP contribution in [0.2, 0.25) is 0 Å². The highest BCUT2D eigenvalue weighted by molar-refractivity contribution is 7.80. The van der Waals surface area contributed by atoms with Gasteiger partial charge in [-0.1, -0.05) is 12.2 Å². The molecule has 1 unspecified atom stereocenters. The summed E-state index contributed by atoms with van der Waals surface area (Å²) in [5.74, 6) is 0. The molecular weight excluding hydrogens is 262 g/mol. The standard InChI is InChI=1S/C13H21N3O2S/c1-10(9-18-3)16(6-7-17-2)11-4-5-12(13(14)19)15-8-11/h4-5,8,10H,6-7,9H2,1-3H3,(H2,14,19). The molecule has 0 amide bonds. The fourth-order valence-corrected chi connectivity index (χ4v) is 1.95. The molecule has 6 heteroatoms. The lowest BCUT2D eigenvalue weighted by Crippen LogP contribution is -2.38. The van der Waals surface area contributed by atoms with E-state index in [1.165, 1.54) is 0 Å². The van der Waals surface area contributed by atoms with Crippen LogP contribution in [0.4, 0.5) is 5.69 Å². The van der Waals surface area contributed by atoms with Crippen LogP contribution in [-0.4, -0.2) is 50.0 Å². The Morgan fingerprint density at radius 1 is 1.42 bits per heavy atom. The molecule has 0 aliphatic heterocycles. The average molecular weight is 283 g/mol. The lowest BCUT2D eigenvalue weighted by atomic mass is 10.2. The third kappa shape index (κ3) is 4.74. The van der Waals surface area contributed by atoms with Crippen LogP contribution in [0.3, 0.4) is 0 Å². The van der Waals surface area contributed by atoms with Crippen molar-refractivity contribution in [2.75, 3.05) is 38.9 Å². The lowest BCUT2D eigenvalue weighted by molar-refractivity contribution is 0.171. The first-order chi connectivity index (χ1) is 9.10. The highest BCUT2D eigenvalue weighted by Gasteiger charge is 2.14. The Labute approximate surface area is 119 Å². The van der Waals surface area contributed by atoms with Crippen molar-refractivity contribution in [3.05, 3.63) is 24.0 Å². The molecule has 1 atom stereocenters. The molecule has 0 aliphatic rings. The third-order valence-corrected chi connectivity index (χ3v) is 3.02. The maximum Gasteiger partial charge on any atom is 0.122 e. The quantitative estimate of drug-likeness (QED) is 0.724. The van der Waals surface area contributed by atoms with Gasteiger partial charge in [0.2, 0.25) is 0 Å². The number of thiocarbonyl (C=S) groups is 1. The van der Waals surface area contributed by atoms with Gasteiger partial charge in [-0.25, -0.2) is 0 Å². The topological polar surface area (TPSA) is 60.6 Å². The zero-order valence-corrected chi connectivity index (χ0v) is 12.4. The van der Waals surface area contributed by atoms with Crippen molar-refractivity contribution in [3.8, 4) is 0 Å². The van der Waals surface area contributed by atoms with Crippen LogP contribution >= 0.6 is 12.2 Å². The molecule has 0 radical (unpaired) electrons. The van der Waals surface area contributed by atoms with E-state index in [1.807, 2.05) is 12.1 Å². The molecule has 1 aromatic heterocycles. The van der Waals surface area contributed by atoms with Crippen LogP contribution in [0.5, 0.6) is 0 Å². The van der Waals surface area contributed by atoms with Crippen molar-refractivity contribution in [2.45, 2.75) is 13.0 Å². The molecule has 19 heavy (non-hydrogen) atoms. The van der Waals surface area contributed by atoms with Crippen LogP contribution in [0.15, 0.2) is 18.3 Å². The molecule has 1 rings (SSSR count). The van der Waals surface area contributed by atoms with Gasteiger partial charge in [0.15, 0.2) is 0 Å². The van der Waals surface area contributed by atoms with Crippen LogP contribution in [0.25, 0.3) is 0 Å². The molecule has 2 N–H and O–H groups in total. The maximum absolute atomic E-state index is 5.54. The molecule has 0 aromatic carbocycles. The Morgan fingerprint density at radius 2 is 2.16 bits per heavy atom. The number of ether oxygens (including phenoxy) is 2. The molecule has 0 fully saturated rings. The second kappa shape index (κ2) is 8.04. The van der Waals surface area contributed by atoms with E-state index in [4.69, 9.17) is 27.4 Å². The minimum Gasteiger partial charge on any atom is -0.388 e. The molecule has 0 saturated heterocycles. The zero-order chi connectivity index (χ0) is 14.3. The highest BCUT2D eigenvalue weighted by atomic mass is 32.1. The number of nitrogens with zero attached hydrogens (tertiary/aromatic N) is 2. The monoisotopic (exact) mass is 283 g/mol. The predicted octanol–water partition coefficient (Wildman–Crippen LogP) is 1.20. The van der Waals surface area contributed by atoms with Gasteiger partial charge in [0.25, 0.3) is 0 Å². The van der Waals surface area contributed by atoms with E-state index >= 15 is 0 Å². The number of rotatable bonds is 8. The van der Waals surface area contributed by atoms with Crippen LogP contribution in [0, 0.1) is 0 Å². The summed E-state index contributed by atoms with van der Waals surface area (Å²) in [6, 6.07) is 4.03. The van der Waals surface area contributed by atoms with Crippen molar-refractivity contribution in [3.63, 3.8) is 0 Å². The first kappa shape index (κ1) is 15.8. The molecule has 0 spiro atoms. The predicted molar refractivity (Wildman–Crippen MR) is 80.7 cm³/mol. The van der Waals surface area contributed by atoms with Gasteiger partial charge in [0, 0.05) is 26.8 Å². The number of pyridine rings is 1. The molecule has 106 valence electrons. The summed E-state index contributed by atoms with van der Waals surface area (Å²) in [4.78, 5) is 6.75. The Kier molecular flexibility index (Phi) is 6.69. The van der Waals surface area contributed by atoms with E-state index in [0.29, 0.717) is 23.9 Å². The van der Waals surface area contributed by atoms with Gasteiger partial charge in [0.05, 0.1) is 30.8 Å². The van der Waals surface area contributed by atoms with Crippen molar-refractivity contribution in [1.82, 2.24) is 4.98 Å². The van der Waals surface area contributed by atoms with Crippen LogP contribution < -0.4 is 10.6 Å². The van der Waals surface area contributed by atoms with Crippen LogP contribution in [0.1, 0.15) is 12.6 Å². The lowest BCUT2D eigenvalue weighted by Gasteiger charge is -2.30. The Morgan fingerprint density at radius 3 is 2.63 bits per heavy atom. The normalized spacial score (nSPS) is 12.2.